The fraction of sp³-hybridized carbons (Fsp3) is 0.200. The molecule has 0 aliphatic rings. The fourth-order valence-electron chi connectivity index (χ4n) is 2.19. The number of benzene rings is 2. The Kier molecular flexibility index (Phi) is 5.63. The zero-order valence-electron chi connectivity index (χ0n) is 10.9. The normalized spacial score (nSPS) is 14.0. The number of rotatable bonds is 4. The van der Waals surface area contributed by atoms with Gasteiger partial charge in [0.1, 0.15) is 5.82 Å². The largest absolute Gasteiger partial charge is 0.388 e. The molecule has 0 saturated carbocycles. The maximum absolute atomic E-state index is 14.1. The molecule has 0 spiro atoms. The highest BCUT2D eigenvalue weighted by atomic mass is 79.9. The van der Waals surface area contributed by atoms with Gasteiger partial charge in [0.05, 0.1) is 11.1 Å². The topological polar surface area (TPSA) is 46.2 Å². The first-order valence-corrected chi connectivity index (χ1v) is 7.77. The van der Waals surface area contributed by atoms with Crippen LogP contribution in [-0.4, -0.2) is 11.7 Å². The first-order chi connectivity index (χ1) is 9.95. The number of nitrogens with two attached hydrogens (primary N) is 1. The summed E-state index contributed by atoms with van der Waals surface area (Å²) in [4.78, 5) is 0. The summed E-state index contributed by atoms with van der Waals surface area (Å²) in [7, 11) is 0. The van der Waals surface area contributed by atoms with E-state index in [1.54, 1.807) is 30.3 Å². The van der Waals surface area contributed by atoms with Crippen molar-refractivity contribution in [2.45, 2.75) is 12.0 Å². The van der Waals surface area contributed by atoms with Gasteiger partial charge in [-0.25, -0.2) is 4.39 Å². The second-order valence-corrected chi connectivity index (χ2v) is 6.29. The van der Waals surface area contributed by atoms with Gasteiger partial charge in [0.2, 0.25) is 0 Å². The van der Waals surface area contributed by atoms with Crippen LogP contribution in [0.4, 0.5) is 4.39 Å². The standard InChI is InChI=1S/C15H13BrCl2FNO/c16-12-6-8(17)4-5-10(12)15(21)11(7-20)9-2-1-3-13(18)14(9)19/h1-6,11,15,21H,7,20H2. The van der Waals surface area contributed by atoms with E-state index < -0.39 is 17.8 Å². The number of hydrogen-bond donors (Lipinski definition) is 2. The summed E-state index contributed by atoms with van der Waals surface area (Å²) in [5.41, 5.74) is 6.61. The van der Waals surface area contributed by atoms with E-state index in [0.717, 1.165) is 0 Å². The highest BCUT2D eigenvalue weighted by Crippen LogP contribution is 2.37. The SMILES string of the molecule is NCC(c1cccc(Cl)c1F)C(O)c1ccc(Cl)cc1Br. The fourth-order valence-corrected chi connectivity index (χ4v) is 3.29. The highest BCUT2D eigenvalue weighted by molar-refractivity contribution is 9.10. The Labute approximate surface area is 140 Å². The average Bonchev–Trinajstić information content (AvgIpc) is 2.44. The van der Waals surface area contributed by atoms with Crippen LogP contribution in [0.5, 0.6) is 0 Å². The van der Waals surface area contributed by atoms with Gasteiger partial charge in [0, 0.05) is 22.0 Å². The molecule has 0 radical (unpaired) electrons. The molecule has 0 saturated heterocycles. The predicted octanol–water partition coefficient (Wildman–Crippen LogP) is 4.67. The lowest BCUT2D eigenvalue weighted by Gasteiger charge is -2.24. The van der Waals surface area contributed by atoms with E-state index in [1.807, 2.05) is 0 Å². The van der Waals surface area contributed by atoms with Gasteiger partial charge in [0.15, 0.2) is 0 Å². The van der Waals surface area contributed by atoms with Gasteiger partial charge in [0.25, 0.3) is 0 Å². The Balaban J connectivity index is 2.43. The van der Waals surface area contributed by atoms with E-state index in [0.29, 0.717) is 20.6 Å². The minimum absolute atomic E-state index is 0.00771. The molecule has 2 aromatic rings. The summed E-state index contributed by atoms with van der Waals surface area (Å²) in [6.45, 7) is 0.0769. The minimum atomic E-state index is -0.977. The molecule has 0 aliphatic heterocycles. The third kappa shape index (κ3) is 3.58. The lowest BCUT2D eigenvalue weighted by Crippen LogP contribution is -2.21. The molecular weight excluding hydrogens is 380 g/mol. The average molecular weight is 393 g/mol. The molecule has 21 heavy (non-hydrogen) atoms. The summed E-state index contributed by atoms with van der Waals surface area (Å²) in [5.74, 6) is -1.17. The summed E-state index contributed by atoms with van der Waals surface area (Å²) in [6.07, 6.45) is -0.977. The number of aliphatic hydroxyl groups is 1. The molecule has 0 aromatic heterocycles. The Morgan fingerprint density at radius 3 is 2.52 bits per heavy atom. The second kappa shape index (κ2) is 7.07. The molecule has 2 aromatic carbocycles. The van der Waals surface area contributed by atoms with E-state index in [-0.39, 0.29) is 11.6 Å². The quantitative estimate of drug-likeness (QED) is 0.793. The zero-order valence-corrected chi connectivity index (χ0v) is 14.0. The summed E-state index contributed by atoms with van der Waals surface area (Å²) >= 11 is 15.0. The predicted molar refractivity (Wildman–Crippen MR) is 87.3 cm³/mol. The Bertz CT molecular complexity index is 654. The van der Waals surface area contributed by atoms with E-state index in [2.05, 4.69) is 15.9 Å². The Morgan fingerprint density at radius 1 is 1.19 bits per heavy atom. The molecule has 2 rings (SSSR count). The van der Waals surface area contributed by atoms with Crippen LogP contribution in [0, 0.1) is 5.82 Å². The number of aliphatic hydroxyl groups excluding tert-OH is 1. The van der Waals surface area contributed by atoms with Gasteiger partial charge in [-0.2, -0.15) is 0 Å². The first-order valence-electron chi connectivity index (χ1n) is 6.22. The van der Waals surface area contributed by atoms with Crippen LogP contribution >= 0.6 is 39.1 Å². The lowest BCUT2D eigenvalue weighted by molar-refractivity contribution is 0.145. The van der Waals surface area contributed by atoms with Crippen LogP contribution in [-0.2, 0) is 0 Å². The summed E-state index contributed by atoms with van der Waals surface area (Å²) < 4.78 is 14.8. The maximum atomic E-state index is 14.1. The molecule has 0 amide bonds. The molecule has 2 nitrogen and oxygen atoms in total. The van der Waals surface area contributed by atoms with Crippen LogP contribution in [0.1, 0.15) is 23.1 Å². The lowest BCUT2D eigenvalue weighted by atomic mass is 9.89. The summed E-state index contributed by atoms with van der Waals surface area (Å²) in [5, 5.41) is 11.1. The third-order valence-corrected chi connectivity index (χ3v) is 4.51. The first kappa shape index (κ1) is 16.7. The van der Waals surface area contributed by atoms with Gasteiger partial charge >= 0.3 is 0 Å². The van der Waals surface area contributed by atoms with Crippen molar-refractivity contribution >= 4 is 39.1 Å². The molecule has 6 heteroatoms. The summed E-state index contributed by atoms with van der Waals surface area (Å²) in [6, 6.07) is 9.67. The molecule has 2 unspecified atom stereocenters. The minimum Gasteiger partial charge on any atom is -0.388 e. The van der Waals surface area contributed by atoms with Gasteiger partial charge in [-0.3, -0.25) is 0 Å². The van der Waals surface area contributed by atoms with Crippen molar-refractivity contribution in [2.75, 3.05) is 6.54 Å². The van der Waals surface area contributed by atoms with E-state index >= 15 is 0 Å². The van der Waals surface area contributed by atoms with Crippen molar-refractivity contribution in [3.63, 3.8) is 0 Å². The number of halogens is 4. The molecule has 2 atom stereocenters. The monoisotopic (exact) mass is 391 g/mol. The van der Waals surface area contributed by atoms with Gasteiger partial charge in [-0.05, 0) is 29.3 Å². The van der Waals surface area contributed by atoms with Crippen LogP contribution in [0.2, 0.25) is 10.0 Å². The Hall–Kier alpha value is -0.650. The van der Waals surface area contributed by atoms with E-state index in [1.165, 1.54) is 6.07 Å². The second-order valence-electron chi connectivity index (χ2n) is 4.60. The van der Waals surface area contributed by atoms with E-state index in [4.69, 9.17) is 28.9 Å². The van der Waals surface area contributed by atoms with Gasteiger partial charge in [-0.15, -0.1) is 0 Å². The number of hydrogen-bond acceptors (Lipinski definition) is 2. The van der Waals surface area contributed by atoms with Gasteiger partial charge in [-0.1, -0.05) is 57.3 Å². The van der Waals surface area contributed by atoms with Crippen molar-refractivity contribution in [3.8, 4) is 0 Å². The Morgan fingerprint density at radius 2 is 1.90 bits per heavy atom. The highest BCUT2D eigenvalue weighted by Gasteiger charge is 2.26. The molecule has 112 valence electrons. The zero-order chi connectivity index (χ0) is 15.6. The van der Waals surface area contributed by atoms with Crippen molar-refractivity contribution in [1.82, 2.24) is 0 Å². The van der Waals surface area contributed by atoms with E-state index in [9.17, 15) is 9.50 Å². The smallest absolute Gasteiger partial charge is 0.145 e. The van der Waals surface area contributed by atoms with Crippen molar-refractivity contribution in [3.05, 3.63) is 67.9 Å². The van der Waals surface area contributed by atoms with Crippen molar-refractivity contribution < 1.29 is 9.50 Å². The van der Waals surface area contributed by atoms with Crippen LogP contribution in [0.25, 0.3) is 0 Å². The maximum Gasteiger partial charge on any atom is 0.145 e. The van der Waals surface area contributed by atoms with Crippen LogP contribution < -0.4 is 5.73 Å². The van der Waals surface area contributed by atoms with Crippen molar-refractivity contribution in [1.29, 1.82) is 0 Å². The van der Waals surface area contributed by atoms with Crippen LogP contribution in [0.3, 0.4) is 0 Å². The third-order valence-electron chi connectivity index (χ3n) is 3.30. The molecular formula is C15H13BrCl2FNO. The van der Waals surface area contributed by atoms with Crippen molar-refractivity contribution in [2.24, 2.45) is 5.73 Å². The molecule has 0 aliphatic carbocycles. The molecule has 0 bridgehead atoms. The molecule has 0 heterocycles. The van der Waals surface area contributed by atoms with Gasteiger partial charge < -0.3 is 10.8 Å². The molecule has 0 fully saturated rings. The van der Waals surface area contributed by atoms with Crippen LogP contribution in [0.15, 0.2) is 40.9 Å². The molecule has 3 N–H and O–H groups in total.